The number of rotatable bonds is 6. The first-order valence-corrected chi connectivity index (χ1v) is 8.94. The van der Waals surface area contributed by atoms with Crippen LogP contribution in [0.3, 0.4) is 0 Å². The van der Waals surface area contributed by atoms with Crippen LogP contribution in [-0.4, -0.2) is 69.7 Å². The molecule has 11 nitrogen and oxygen atoms in total. The molecule has 1 aromatic heterocycles. The zero-order chi connectivity index (χ0) is 22.0. The first kappa shape index (κ1) is 21.7. The van der Waals surface area contributed by atoms with Gasteiger partial charge in [0.1, 0.15) is 48.8 Å². The number of carbonyl (C=O) groups is 2. The van der Waals surface area contributed by atoms with Crippen LogP contribution in [0.4, 0.5) is 0 Å². The van der Waals surface area contributed by atoms with E-state index in [1.54, 1.807) is 13.0 Å². The molecule has 1 fully saturated rings. The maximum absolute atomic E-state index is 11.6. The number of fused-ring (bicyclic) bond motifs is 1. The van der Waals surface area contributed by atoms with Gasteiger partial charge < -0.3 is 39.1 Å². The second-order valence-corrected chi connectivity index (χ2v) is 6.79. The molecule has 0 saturated carbocycles. The van der Waals surface area contributed by atoms with Gasteiger partial charge in [0.2, 0.25) is 6.29 Å². The fraction of sp³-hybridized carbons (Fsp3) is 0.421. The van der Waals surface area contributed by atoms with Crippen LogP contribution in [0, 0.1) is 6.92 Å². The number of aliphatic hydroxyl groups is 3. The average Bonchev–Trinajstić information content (AvgIpc) is 2.66. The quantitative estimate of drug-likeness (QED) is 0.262. The number of aryl methyl sites for hydroxylation is 1. The largest absolute Gasteiger partial charge is 0.481 e. The van der Waals surface area contributed by atoms with E-state index in [1.165, 1.54) is 18.2 Å². The van der Waals surface area contributed by atoms with E-state index in [4.69, 9.17) is 23.7 Å². The topological polar surface area (TPSA) is 173 Å². The highest BCUT2D eigenvalue weighted by molar-refractivity contribution is 5.90. The number of hydrogen-bond acceptors (Lipinski definition) is 10. The maximum Gasteiger partial charge on any atom is 0.336 e. The van der Waals surface area contributed by atoms with Crippen LogP contribution in [0.1, 0.15) is 12.0 Å². The van der Waals surface area contributed by atoms with E-state index in [9.17, 15) is 29.7 Å². The van der Waals surface area contributed by atoms with Crippen molar-refractivity contribution in [3.05, 3.63) is 40.2 Å². The molecular weight excluding hydrogens is 404 g/mol. The molecule has 30 heavy (non-hydrogen) atoms. The van der Waals surface area contributed by atoms with Gasteiger partial charge in [-0.2, -0.15) is 0 Å². The van der Waals surface area contributed by atoms with Gasteiger partial charge in [-0.1, -0.05) is 0 Å². The van der Waals surface area contributed by atoms with Crippen LogP contribution in [0.5, 0.6) is 5.75 Å². The minimum Gasteiger partial charge on any atom is -0.481 e. The third-order valence-electron chi connectivity index (χ3n) is 4.55. The fourth-order valence-electron chi connectivity index (χ4n) is 3.01. The first-order chi connectivity index (χ1) is 14.2. The minimum atomic E-state index is -1.69. The minimum absolute atomic E-state index is 0.144. The van der Waals surface area contributed by atoms with Gasteiger partial charge in [0.15, 0.2) is 0 Å². The Morgan fingerprint density at radius 3 is 2.53 bits per heavy atom. The van der Waals surface area contributed by atoms with Crippen molar-refractivity contribution in [2.45, 2.75) is 44.1 Å². The summed E-state index contributed by atoms with van der Waals surface area (Å²) in [5.74, 6) is -2.30. The van der Waals surface area contributed by atoms with Gasteiger partial charge in [-0.25, -0.2) is 4.79 Å². The van der Waals surface area contributed by atoms with Crippen molar-refractivity contribution in [2.75, 3.05) is 6.61 Å². The van der Waals surface area contributed by atoms with Crippen molar-refractivity contribution in [3.8, 4) is 5.75 Å². The second kappa shape index (κ2) is 8.79. The Morgan fingerprint density at radius 2 is 1.83 bits per heavy atom. The molecular formula is C19H20O11. The number of esters is 1. The van der Waals surface area contributed by atoms with Crippen molar-refractivity contribution < 1.29 is 48.6 Å². The third-order valence-corrected chi connectivity index (χ3v) is 4.55. The molecule has 0 unspecified atom stereocenters. The standard InChI is InChI=1S/C19H20O11/c1-8-4-15(23)29-11-5-9(2-3-10(8)11)28-19-18(26)17(25)16(24)12(30-19)7-27-14(22)6-13(20)21/h2-5,12,16-19,24-26H,6-7H2,1H3,(H,20,21)/t12-,16-,17+,18-,19-/m1/s1. The molecule has 2 heterocycles. The molecule has 0 spiro atoms. The van der Waals surface area contributed by atoms with Crippen LogP contribution in [-0.2, 0) is 19.1 Å². The molecule has 0 radical (unpaired) electrons. The van der Waals surface area contributed by atoms with Crippen LogP contribution >= 0.6 is 0 Å². The Balaban J connectivity index is 1.74. The average molecular weight is 424 g/mol. The van der Waals surface area contributed by atoms with Gasteiger partial charge >= 0.3 is 17.6 Å². The lowest BCUT2D eigenvalue weighted by Crippen LogP contribution is -2.60. The molecule has 162 valence electrons. The van der Waals surface area contributed by atoms with Crippen LogP contribution in [0.15, 0.2) is 33.5 Å². The van der Waals surface area contributed by atoms with E-state index in [1.807, 2.05) is 0 Å². The highest BCUT2D eigenvalue weighted by Gasteiger charge is 2.45. The summed E-state index contributed by atoms with van der Waals surface area (Å²) in [5.41, 5.74) is 0.388. The fourth-order valence-corrected chi connectivity index (χ4v) is 3.01. The summed E-state index contributed by atoms with van der Waals surface area (Å²) in [6.45, 7) is 1.17. The Hall–Kier alpha value is -2.99. The number of benzene rings is 1. The number of carboxylic acids is 1. The third kappa shape index (κ3) is 4.76. The van der Waals surface area contributed by atoms with Crippen molar-refractivity contribution in [2.24, 2.45) is 0 Å². The predicted molar refractivity (Wildman–Crippen MR) is 97.7 cm³/mol. The Labute approximate surface area is 169 Å². The van der Waals surface area contributed by atoms with Gasteiger partial charge in [0, 0.05) is 17.5 Å². The highest BCUT2D eigenvalue weighted by atomic mass is 16.7. The van der Waals surface area contributed by atoms with Crippen LogP contribution < -0.4 is 10.4 Å². The summed E-state index contributed by atoms with van der Waals surface area (Å²) in [7, 11) is 0. The molecule has 1 aliphatic heterocycles. The Bertz CT molecular complexity index is 998. The maximum atomic E-state index is 11.6. The summed E-state index contributed by atoms with van der Waals surface area (Å²) in [6.07, 6.45) is -8.57. The van der Waals surface area contributed by atoms with Crippen LogP contribution in [0.2, 0.25) is 0 Å². The van der Waals surface area contributed by atoms with Crippen molar-refractivity contribution in [3.63, 3.8) is 0 Å². The summed E-state index contributed by atoms with van der Waals surface area (Å²) >= 11 is 0. The highest BCUT2D eigenvalue weighted by Crippen LogP contribution is 2.27. The smallest absolute Gasteiger partial charge is 0.336 e. The number of carboxylic acid groups (broad SMARTS) is 1. The molecule has 5 atom stereocenters. The summed E-state index contributed by atoms with van der Waals surface area (Å²) in [5, 5.41) is 39.5. The molecule has 0 bridgehead atoms. The summed E-state index contributed by atoms with van der Waals surface area (Å²) in [6, 6.07) is 5.91. The van der Waals surface area contributed by atoms with Gasteiger partial charge in [0.25, 0.3) is 0 Å². The summed E-state index contributed by atoms with van der Waals surface area (Å²) in [4.78, 5) is 33.5. The van der Waals surface area contributed by atoms with Crippen molar-refractivity contribution in [1.29, 1.82) is 0 Å². The van der Waals surface area contributed by atoms with E-state index in [-0.39, 0.29) is 11.3 Å². The Morgan fingerprint density at radius 1 is 1.10 bits per heavy atom. The van der Waals surface area contributed by atoms with Gasteiger partial charge in [-0.15, -0.1) is 0 Å². The number of ether oxygens (including phenoxy) is 3. The number of hydrogen-bond donors (Lipinski definition) is 4. The van der Waals surface area contributed by atoms with Gasteiger partial charge in [-0.3, -0.25) is 9.59 Å². The van der Waals surface area contributed by atoms with Crippen molar-refractivity contribution in [1.82, 2.24) is 0 Å². The van der Waals surface area contributed by atoms with E-state index in [2.05, 4.69) is 0 Å². The molecule has 3 rings (SSSR count). The Kier molecular flexibility index (Phi) is 6.37. The molecule has 0 aliphatic carbocycles. The lowest BCUT2D eigenvalue weighted by atomic mass is 9.99. The number of aliphatic hydroxyl groups excluding tert-OH is 3. The van der Waals surface area contributed by atoms with E-state index < -0.39 is 61.3 Å². The number of carbonyl (C=O) groups excluding carboxylic acids is 1. The van der Waals surface area contributed by atoms with E-state index in [0.717, 1.165) is 0 Å². The lowest BCUT2D eigenvalue weighted by molar-refractivity contribution is -0.278. The molecule has 1 aliphatic rings. The van der Waals surface area contributed by atoms with Gasteiger partial charge in [0.05, 0.1) is 0 Å². The summed E-state index contributed by atoms with van der Waals surface area (Å²) < 4.78 is 20.8. The lowest BCUT2D eigenvalue weighted by Gasteiger charge is -2.39. The number of aliphatic carboxylic acids is 1. The predicted octanol–water partition coefficient (Wildman–Crippen LogP) is -0.694. The molecule has 2 aromatic rings. The SMILES string of the molecule is Cc1cc(=O)oc2cc(O[C@@H]3O[C@H](COC(=O)CC(=O)O)[C@@H](O)[C@H](O)[C@H]3O)ccc12. The zero-order valence-corrected chi connectivity index (χ0v) is 15.8. The van der Waals surface area contributed by atoms with Gasteiger partial charge in [-0.05, 0) is 24.6 Å². The van der Waals surface area contributed by atoms with Crippen LogP contribution in [0.25, 0.3) is 11.0 Å². The normalized spacial score (nSPS) is 26.3. The molecule has 11 heteroatoms. The van der Waals surface area contributed by atoms with E-state index >= 15 is 0 Å². The molecule has 0 amide bonds. The molecule has 1 saturated heterocycles. The zero-order valence-electron chi connectivity index (χ0n) is 15.8. The van der Waals surface area contributed by atoms with E-state index in [0.29, 0.717) is 10.9 Å². The van der Waals surface area contributed by atoms with Crippen molar-refractivity contribution >= 4 is 22.9 Å². The first-order valence-electron chi connectivity index (χ1n) is 8.94. The second-order valence-electron chi connectivity index (χ2n) is 6.79. The monoisotopic (exact) mass is 424 g/mol. The molecule has 4 N–H and O–H groups in total. The molecule has 1 aromatic carbocycles.